The highest BCUT2D eigenvalue weighted by molar-refractivity contribution is 7.92. The van der Waals surface area contributed by atoms with Gasteiger partial charge < -0.3 is 9.47 Å². The molecule has 1 aromatic carbocycles. The first kappa shape index (κ1) is 18.7. The van der Waals surface area contributed by atoms with E-state index in [4.69, 9.17) is 9.47 Å². The van der Waals surface area contributed by atoms with Crippen LogP contribution in [0.25, 0.3) is 0 Å². The van der Waals surface area contributed by atoms with Gasteiger partial charge in [-0.3, -0.25) is 9.44 Å². The smallest absolute Gasteiger partial charge is 0.321 e. The van der Waals surface area contributed by atoms with Gasteiger partial charge in [0.25, 0.3) is 10.0 Å². The van der Waals surface area contributed by atoms with E-state index < -0.39 is 20.0 Å². The van der Waals surface area contributed by atoms with Crippen molar-refractivity contribution < 1.29 is 26.3 Å². The molecule has 0 amide bonds. The minimum atomic E-state index is -3.95. The Bertz CT molecular complexity index is 936. The molecule has 2 N–H and O–H groups in total. The topological polar surface area (TPSA) is 137 Å². The van der Waals surface area contributed by atoms with Crippen LogP contribution in [0.1, 0.15) is 0 Å². The third-order valence-corrected chi connectivity index (χ3v) is 4.76. The summed E-state index contributed by atoms with van der Waals surface area (Å²) in [6, 6.07) is 6.40. The first-order chi connectivity index (χ1) is 11.6. The molecule has 1 heterocycles. The fourth-order valence-electron chi connectivity index (χ4n) is 1.76. The first-order valence-corrected chi connectivity index (χ1v) is 10.1. The van der Waals surface area contributed by atoms with Crippen molar-refractivity contribution in [2.45, 2.75) is 4.90 Å². The number of nitrogens with zero attached hydrogens (tertiary/aromatic N) is 2. The zero-order chi connectivity index (χ0) is 18.7. The summed E-state index contributed by atoms with van der Waals surface area (Å²) in [6.45, 7) is 0. The van der Waals surface area contributed by atoms with Crippen LogP contribution in [0.2, 0.25) is 0 Å². The van der Waals surface area contributed by atoms with Crippen molar-refractivity contribution >= 4 is 31.6 Å². The van der Waals surface area contributed by atoms with Crippen molar-refractivity contribution in [3.05, 3.63) is 30.3 Å². The summed E-state index contributed by atoms with van der Waals surface area (Å²) >= 11 is 0. The highest BCUT2D eigenvalue weighted by atomic mass is 32.2. The fraction of sp³-hybridized carbons (Fsp3) is 0.231. The normalized spacial score (nSPS) is 11.6. The van der Waals surface area contributed by atoms with Gasteiger partial charge in [-0.1, -0.05) is 0 Å². The van der Waals surface area contributed by atoms with Crippen LogP contribution in [-0.2, 0) is 20.0 Å². The number of ether oxygens (including phenoxy) is 2. The number of aromatic nitrogens is 2. The van der Waals surface area contributed by atoms with Gasteiger partial charge in [0.2, 0.25) is 15.9 Å². The van der Waals surface area contributed by atoms with E-state index >= 15 is 0 Å². The van der Waals surface area contributed by atoms with Crippen LogP contribution in [0.15, 0.2) is 35.2 Å². The van der Waals surface area contributed by atoms with E-state index in [-0.39, 0.29) is 28.3 Å². The van der Waals surface area contributed by atoms with Gasteiger partial charge in [0.05, 0.1) is 25.4 Å². The summed E-state index contributed by atoms with van der Waals surface area (Å²) in [5.74, 6) is 0.0827. The van der Waals surface area contributed by atoms with Gasteiger partial charge in [-0.25, -0.2) is 16.8 Å². The number of hydrogen-bond acceptors (Lipinski definition) is 8. The lowest BCUT2D eigenvalue weighted by atomic mass is 10.3. The number of sulfonamides is 2. The molecule has 0 fully saturated rings. The third-order valence-electron chi connectivity index (χ3n) is 2.78. The Morgan fingerprint density at radius 1 is 0.920 bits per heavy atom. The highest BCUT2D eigenvalue weighted by Gasteiger charge is 2.17. The molecule has 0 spiro atoms. The Labute approximate surface area is 145 Å². The number of hydrogen-bond donors (Lipinski definition) is 2. The number of nitrogens with one attached hydrogen (secondary N) is 2. The lowest BCUT2D eigenvalue weighted by Crippen LogP contribution is -2.15. The van der Waals surface area contributed by atoms with Crippen LogP contribution in [0.5, 0.6) is 11.9 Å². The number of methoxy groups -OCH3 is 2. The minimum absolute atomic E-state index is 0.0398. The van der Waals surface area contributed by atoms with Crippen LogP contribution < -0.4 is 18.9 Å². The van der Waals surface area contributed by atoms with Crippen LogP contribution in [0.4, 0.5) is 11.5 Å². The van der Waals surface area contributed by atoms with Gasteiger partial charge in [0, 0.05) is 11.8 Å². The molecule has 25 heavy (non-hydrogen) atoms. The Morgan fingerprint density at radius 2 is 1.56 bits per heavy atom. The molecule has 1 aromatic heterocycles. The van der Waals surface area contributed by atoms with Gasteiger partial charge in [-0.05, 0) is 24.3 Å². The van der Waals surface area contributed by atoms with Gasteiger partial charge >= 0.3 is 6.01 Å². The molecule has 2 rings (SSSR count). The van der Waals surface area contributed by atoms with Crippen LogP contribution >= 0.6 is 0 Å². The van der Waals surface area contributed by atoms with Crippen molar-refractivity contribution in [1.82, 2.24) is 9.97 Å². The molecule has 0 radical (unpaired) electrons. The SMILES string of the molecule is COc1cc(NS(=O)(=O)c2ccc(NS(C)(=O)=O)cc2)nc(OC)n1. The average molecular weight is 388 g/mol. The van der Waals surface area contributed by atoms with Crippen LogP contribution in [0, 0.1) is 0 Å². The Morgan fingerprint density at radius 3 is 2.08 bits per heavy atom. The molecule has 136 valence electrons. The highest BCUT2D eigenvalue weighted by Crippen LogP contribution is 2.21. The third kappa shape index (κ3) is 5.19. The molecule has 0 aliphatic rings. The van der Waals surface area contributed by atoms with Crippen molar-refractivity contribution in [3.63, 3.8) is 0 Å². The number of rotatable bonds is 7. The second-order valence-electron chi connectivity index (χ2n) is 4.79. The zero-order valence-electron chi connectivity index (χ0n) is 13.5. The molecule has 0 saturated heterocycles. The molecule has 0 atom stereocenters. The summed E-state index contributed by atoms with van der Waals surface area (Å²) in [5.41, 5.74) is 0.242. The van der Waals surface area contributed by atoms with E-state index in [2.05, 4.69) is 19.4 Å². The molecule has 0 bridgehead atoms. The standard InChI is InChI=1S/C13H16N4O6S2/c1-22-12-8-11(14-13(15-12)23-2)17-25(20,21)10-6-4-9(5-7-10)16-24(3,18)19/h4-8,16H,1-3H3,(H,14,15,17). The van der Waals surface area contributed by atoms with Crippen molar-refractivity contribution in [2.75, 3.05) is 29.9 Å². The number of anilines is 2. The molecule has 0 unspecified atom stereocenters. The molecule has 0 saturated carbocycles. The summed E-state index contributed by atoms with van der Waals surface area (Å²) < 4.78 is 61.5. The van der Waals surface area contributed by atoms with Crippen LogP contribution in [-0.4, -0.2) is 47.3 Å². The fourth-order valence-corrected chi connectivity index (χ4v) is 3.32. The van der Waals surface area contributed by atoms with Crippen LogP contribution in [0.3, 0.4) is 0 Å². The van der Waals surface area contributed by atoms with Gasteiger partial charge in [-0.2, -0.15) is 9.97 Å². The second-order valence-corrected chi connectivity index (χ2v) is 8.22. The van der Waals surface area contributed by atoms with Gasteiger partial charge in [0.15, 0.2) is 5.82 Å². The van der Waals surface area contributed by atoms with Gasteiger partial charge in [-0.15, -0.1) is 0 Å². The Balaban J connectivity index is 2.27. The molecular formula is C13H16N4O6S2. The van der Waals surface area contributed by atoms with Crippen molar-refractivity contribution in [3.8, 4) is 11.9 Å². The quantitative estimate of drug-likeness (QED) is 0.706. The van der Waals surface area contributed by atoms with Crippen molar-refractivity contribution in [1.29, 1.82) is 0 Å². The van der Waals surface area contributed by atoms with Crippen molar-refractivity contribution in [2.24, 2.45) is 0 Å². The molecule has 12 heteroatoms. The summed E-state index contributed by atoms with van der Waals surface area (Å²) in [5, 5.41) is 0. The lowest BCUT2D eigenvalue weighted by molar-refractivity contribution is 0.353. The van der Waals surface area contributed by atoms with E-state index in [9.17, 15) is 16.8 Å². The van der Waals surface area contributed by atoms with E-state index in [0.29, 0.717) is 0 Å². The molecule has 10 nitrogen and oxygen atoms in total. The monoisotopic (exact) mass is 388 g/mol. The lowest BCUT2D eigenvalue weighted by Gasteiger charge is -2.10. The van der Waals surface area contributed by atoms with E-state index in [1.807, 2.05) is 0 Å². The van der Waals surface area contributed by atoms with E-state index in [1.54, 1.807) is 0 Å². The summed E-state index contributed by atoms with van der Waals surface area (Å²) in [4.78, 5) is 7.66. The Hall–Kier alpha value is -2.60. The first-order valence-electron chi connectivity index (χ1n) is 6.71. The average Bonchev–Trinajstić information content (AvgIpc) is 2.53. The second kappa shape index (κ2) is 7.11. The summed E-state index contributed by atoms with van der Waals surface area (Å²) in [7, 11) is -4.70. The predicted molar refractivity (Wildman–Crippen MR) is 90.9 cm³/mol. The Kier molecular flexibility index (Phi) is 5.33. The van der Waals surface area contributed by atoms with E-state index in [1.165, 1.54) is 44.6 Å². The van der Waals surface area contributed by atoms with E-state index in [0.717, 1.165) is 6.26 Å². The molecule has 0 aliphatic heterocycles. The maximum atomic E-state index is 12.4. The summed E-state index contributed by atoms with van der Waals surface area (Å²) in [6.07, 6.45) is 0.995. The molecule has 2 aromatic rings. The largest absolute Gasteiger partial charge is 0.481 e. The molecular weight excluding hydrogens is 372 g/mol. The minimum Gasteiger partial charge on any atom is -0.481 e. The van der Waals surface area contributed by atoms with Gasteiger partial charge in [0.1, 0.15) is 0 Å². The maximum absolute atomic E-state index is 12.4. The predicted octanol–water partition coefficient (Wildman–Crippen LogP) is 0.666. The maximum Gasteiger partial charge on any atom is 0.321 e. The zero-order valence-corrected chi connectivity index (χ0v) is 15.2. The molecule has 0 aliphatic carbocycles. The number of benzene rings is 1.